The molecule has 1 aliphatic carbocycles. The van der Waals surface area contributed by atoms with Gasteiger partial charge in [-0.3, -0.25) is 39.0 Å². The number of benzene rings is 1. The minimum atomic E-state index is -3.51. The van der Waals surface area contributed by atoms with Gasteiger partial charge in [-0.15, -0.1) is 0 Å². The second-order valence-corrected chi connectivity index (χ2v) is 20.2. The summed E-state index contributed by atoms with van der Waals surface area (Å²) in [5.74, 6) is -0.290. The number of amides is 4. The fourth-order valence-corrected chi connectivity index (χ4v) is 11.6. The standard InChI is InChI=1S/C43H46FN13O6S/c1-23(2)57-34-16-37(48-36-7-10-45-39(49-36)25-17-47-54(20-25)64(62,63)28-3-4-28)46-18-31(34)40(51-57)53-11-8-24(9-12-53)19-52-21-26-13-27(22-52)55(26)35-15-30-29(14-32(35)44)42(60)56(43(30)61)33-5-6-38(58)50-41(33)59/h7,10,14-18,20,23-24,26-28,33H,3-6,8-9,11-13,19,21-22H2,1-2H3,(H,50,58,59)(H,45,46,48,49). The number of piperazine rings is 1. The van der Waals surface area contributed by atoms with Gasteiger partial charge in [-0.25, -0.2) is 27.8 Å². The summed E-state index contributed by atoms with van der Waals surface area (Å²) >= 11 is 0. The quantitative estimate of drug-likeness (QED) is 0.182. The number of carbonyl (C=O) groups is 4. The molecule has 6 aliphatic heterocycles. The molecule has 3 unspecified atom stereocenters. The average molecular weight is 892 g/mol. The predicted octanol–water partition coefficient (Wildman–Crippen LogP) is 3.47. The number of aromatic nitrogens is 7. The Morgan fingerprint density at radius 2 is 1.67 bits per heavy atom. The highest BCUT2D eigenvalue weighted by molar-refractivity contribution is 7.90. The molecule has 7 aliphatic rings. The average Bonchev–Trinajstić information content (AvgIpc) is 3.82. The van der Waals surface area contributed by atoms with Crippen LogP contribution in [0.15, 0.2) is 49.1 Å². The van der Waals surface area contributed by atoms with Crippen molar-refractivity contribution in [3.05, 3.63) is 66.0 Å². The second-order valence-electron chi connectivity index (χ2n) is 18.1. The topological polar surface area (TPSA) is 214 Å². The smallest absolute Gasteiger partial charge is 0.262 e. The lowest BCUT2D eigenvalue weighted by atomic mass is 9.85. The van der Waals surface area contributed by atoms with E-state index in [2.05, 4.69) is 49.3 Å². The summed E-state index contributed by atoms with van der Waals surface area (Å²) in [5, 5.41) is 15.2. The van der Waals surface area contributed by atoms with Crippen molar-refractivity contribution in [3.63, 3.8) is 0 Å². The van der Waals surface area contributed by atoms with E-state index < -0.39 is 45.5 Å². The van der Waals surface area contributed by atoms with Gasteiger partial charge in [0.25, 0.3) is 21.8 Å². The second kappa shape index (κ2) is 15.1. The molecule has 0 spiro atoms. The molecule has 332 valence electrons. The number of anilines is 4. The lowest BCUT2D eigenvalue weighted by Gasteiger charge is -2.58. The molecule has 5 aromatic rings. The number of imide groups is 2. The number of pyridine rings is 1. The van der Waals surface area contributed by atoms with E-state index in [1.54, 1.807) is 12.3 Å². The van der Waals surface area contributed by atoms with Crippen molar-refractivity contribution in [2.24, 2.45) is 5.92 Å². The van der Waals surface area contributed by atoms with Crippen LogP contribution in [-0.2, 0) is 19.6 Å². The van der Waals surface area contributed by atoms with Crippen LogP contribution in [-0.4, -0.2) is 132 Å². The molecule has 21 heteroatoms. The third kappa shape index (κ3) is 6.86. The molecule has 1 aromatic carbocycles. The molecule has 19 nitrogen and oxygen atoms in total. The van der Waals surface area contributed by atoms with Gasteiger partial charge in [0, 0.05) is 75.7 Å². The van der Waals surface area contributed by atoms with Crippen molar-refractivity contribution in [2.45, 2.75) is 88.2 Å². The maximum absolute atomic E-state index is 15.7. The van der Waals surface area contributed by atoms with Gasteiger partial charge in [0.05, 0.1) is 50.9 Å². The van der Waals surface area contributed by atoms with E-state index in [0.717, 1.165) is 83.8 Å². The van der Waals surface area contributed by atoms with Crippen LogP contribution in [0.25, 0.3) is 22.3 Å². The Labute approximate surface area is 367 Å². The first-order valence-corrected chi connectivity index (χ1v) is 23.4. The molecule has 0 radical (unpaired) electrons. The highest BCUT2D eigenvalue weighted by Gasteiger charge is 2.49. The lowest BCUT2D eigenvalue weighted by molar-refractivity contribution is -0.136. The number of halogens is 1. The van der Waals surface area contributed by atoms with Crippen molar-refractivity contribution < 1.29 is 32.0 Å². The summed E-state index contributed by atoms with van der Waals surface area (Å²) in [5.41, 5.74) is 1.76. The fraction of sp³-hybridized carbons (Fsp3) is 0.465. The summed E-state index contributed by atoms with van der Waals surface area (Å²) in [6.45, 7) is 8.33. The van der Waals surface area contributed by atoms with E-state index in [-0.39, 0.29) is 47.3 Å². The zero-order chi connectivity index (χ0) is 44.2. The van der Waals surface area contributed by atoms with Crippen LogP contribution in [0.3, 0.4) is 0 Å². The normalized spacial score (nSPS) is 23.0. The fourth-order valence-electron chi connectivity index (χ4n) is 10.1. The van der Waals surface area contributed by atoms with Gasteiger partial charge in [0.2, 0.25) is 11.8 Å². The summed E-state index contributed by atoms with van der Waals surface area (Å²) in [4.78, 5) is 72.3. The van der Waals surface area contributed by atoms with E-state index in [0.29, 0.717) is 47.5 Å². The number of hydrogen-bond acceptors (Lipinski definition) is 15. The molecule has 4 amide bonds. The van der Waals surface area contributed by atoms with Crippen LogP contribution in [0.2, 0.25) is 0 Å². The molecule has 2 bridgehead atoms. The SMILES string of the molecule is CC(C)n1nc(N2CCC(CN3CC4CC(C3)N4c3cc4c(cc3F)C(=O)N(C3CCC(=O)NC3=O)C4=O)CC2)c2cnc(Nc3ccnc(-c4cnn(S(=O)(=O)C5CC5)c4)n3)cc21. The number of piperidine rings is 3. The summed E-state index contributed by atoms with van der Waals surface area (Å²) in [7, 11) is -3.51. The predicted molar refractivity (Wildman–Crippen MR) is 231 cm³/mol. The van der Waals surface area contributed by atoms with Crippen LogP contribution in [0.4, 0.5) is 27.5 Å². The van der Waals surface area contributed by atoms with Crippen LogP contribution >= 0.6 is 0 Å². The number of fused-ring (bicyclic) bond motifs is 4. The number of carbonyl (C=O) groups excluding carboxylic acids is 4. The highest BCUT2D eigenvalue weighted by Crippen LogP contribution is 2.42. The molecule has 4 aromatic heterocycles. The Bertz CT molecular complexity index is 2880. The Hall–Kier alpha value is -6.35. The minimum Gasteiger partial charge on any atom is -0.360 e. The van der Waals surface area contributed by atoms with Crippen molar-refractivity contribution in [1.29, 1.82) is 0 Å². The van der Waals surface area contributed by atoms with Crippen molar-refractivity contribution >= 4 is 67.7 Å². The maximum Gasteiger partial charge on any atom is 0.262 e. The van der Waals surface area contributed by atoms with Gasteiger partial charge < -0.3 is 15.1 Å². The van der Waals surface area contributed by atoms with Crippen molar-refractivity contribution in [3.8, 4) is 11.4 Å². The zero-order valence-electron chi connectivity index (χ0n) is 35.2. The summed E-state index contributed by atoms with van der Waals surface area (Å²) in [6.07, 6.45) is 10.6. The molecular weight excluding hydrogens is 846 g/mol. The van der Waals surface area contributed by atoms with Crippen molar-refractivity contribution in [1.82, 2.24) is 49.0 Å². The molecule has 12 rings (SSSR count). The number of hydrogen-bond donors (Lipinski definition) is 2. The Morgan fingerprint density at radius 1 is 0.922 bits per heavy atom. The van der Waals surface area contributed by atoms with Gasteiger partial charge in [-0.05, 0) is 76.5 Å². The van der Waals surface area contributed by atoms with E-state index >= 15 is 4.39 Å². The van der Waals surface area contributed by atoms with Crippen LogP contribution in [0.1, 0.15) is 85.6 Å². The van der Waals surface area contributed by atoms with Gasteiger partial charge in [0.1, 0.15) is 23.5 Å². The maximum atomic E-state index is 15.7. The van der Waals surface area contributed by atoms with E-state index in [1.807, 2.05) is 21.8 Å². The zero-order valence-corrected chi connectivity index (χ0v) is 36.0. The number of nitrogens with one attached hydrogen (secondary N) is 2. The van der Waals surface area contributed by atoms with Gasteiger partial charge >= 0.3 is 0 Å². The van der Waals surface area contributed by atoms with Gasteiger partial charge in [-0.2, -0.15) is 14.3 Å². The number of rotatable bonds is 11. The molecule has 1 saturated carbocycles. The van der Waals surface area contributed by atoms with E-state index in [1.165, 1.54) is 18.5 Å². The Kier molecular flexibility index (Phi) is 9.56. The first kappa shape index (κ1) is 40.4. The molecule has 10 heterocycles. The third-order valence-electron chi connectivity index (χ3n) is 13.5. The molecular formula is C43H46FN13O6S. The largest absolute Gasteiger partial charge is 0.360 e. The first-order chi connectivity index (χ1) is 30.8. The van der Waals surface area contributed by atoms with Crippen LogP contribution in [0.5, 0.6) is 0 Å². The molecule has 5 saturated heterocycles. The molecule has 2 N–H and O–H groups in total. The third-order valence-corrected chi connectivity index (χ3v) is 15.5. The van der Waals surface area contributed by atoms with Gasteiger partial charge in [0.15, 0.2) is 11.6 Å². The molecule has 6 fully saturated rings. The first-order valence-electron chi connectivity index (χ1n) is 21.9. The summed E-state index contributed by atoms with van der Waals surface area (Å²) in [6, 6.07) is 5.41. The number of nitrogens with zero attached hydrogens (tertiary/aromatic N) is 11. The molecule has 64 heavy (non-hydrogen) atoms. The minimum absolute atomic E-state index is 0.0142. The Morgan fingerprint density at radius 3 is 2.39 bits per heavy atom. The van der Waals surface area contributed by atoms with Crippen molar-refractivity contribution in [2.75, 3.05) is 47.8 Å². The highest BCUT2D eigenvalue weighted by atomic mass is 32.2. The summed E-state index contributed by atoms with van der Waals surface area (Å²) < 4.78 is 44.1. The Balaban J connectivity index is 0.722. The van der Waals surface area contributed by atoms with Gasteiger partial charge in [-0.1, -0.05) is 0 Å². The monoisotopic (exact) mass is 891 g/mol. The lowest BCUT2D eigenvalue weighted by Crippen LogP contribution is -2.69. The van der Waals surface area contributed by atoms with E-state index in [9.17, 15) is 27.6 Å². The van der Waals surface area contributed by atoms with Crippen LogP contribution < -0.4 is 20.4 Å². The van der Waals surface area contributed by atoms with E-state index in [4.69, 9.17) is 10.1 Å². The van der Waals surface area contributed by atoms with Crippen LogP contribution in [0, 0.1) is 11.7 Å². The molecule has 3 atom stereocenters.